The number of hydrogen-bond acceptors (Lipinski definition) is 5. The number of halogens is 3. The molecule has 1 aromatic carbocycles. The van der Waals surface area contributed by atoms with E-state index in [1.807, 2.05) is 25.1 Å². The number of carbonyl (C=O) groups is 1. The van der Waals surface area contributed by atoms with Crippen LogP contribution in [-0.2, 0) is 6.18 Å². The molecule has 0 unspecified atom stereocenters. The van der Waals surface area contributed by atoms with Crippen LogP contribution in [0, 0.1) is 0 Å². The van der Waals surface area contributed by atoms with Crippen molar-refractivity contribution in [2.75, 3.05) is 24.3 Å². The molecule has 2 aromatic heterocycles. The number of rotatable bonds is 5. The molecule has 0 aliphatic heterocycles. The van der Waals surface area contributed by atoms with Gasteiger partial charge in [0.15, 0.2) is 0 Å². The fourth-order valence-corrected chi connectivity index (χ4v) is 4.09. The number of amides is 1. The van der Waals surface area contributed by atoms with Crippen molar-refractivity contribution in [3.05, 3.63) is 60.0 Å². The molecular formula is C24H26F3N5O. The summed E-state index contributed by atoms with van der Waals surface area (Å²) in [6.07, 6.45) is 0.0692. The third-order valence-electron chi connectivity index (χ3n) is 5.93. The quantitative estimate of drug-likeness (QED) is 0.572. The average molecular weight is 458 g/mol. The number of alkyl halides is 3. The summed E-state index contributed by atoms with van der Waals surface area (Å²) in [4.78, 5) is 22.4. The Morgan fingerprint density at radius 2 is 1.73 bits per heavy atom. The smallest absolute Gasteiger partial charge is 0.382 e. The van der Waals surface area contributed by atoms with Gasteiger partial charge in [-0.05, 0) is 49.9 Å². The van der Waals surface area contributed by atoms with Crippen LogP contribution in [0.1, 0.15) is 41.9 Å². The second kappa shape index (κ2) is 9.25. The first kappa shape index (κ1) is 22.8. The van der Waals surface area contributed by atoms with Crippen LogP contribution >= 0.6 is 0 Å². The zero-order chi connectivity index (χ0) is 23.6. The predicted molar refractivity (Wildman–Crippen MR) is 122 cm³/mol. The molecule has 3 aromatic rings. The van der Waals surface area contributed by atoms with Gasteiger partial charge in [-0.3, -0.25) is 4.79 Å². The van der Waals surface area contributed by atoms with Gasteiger partial charge in [0.2, 0.25) is 0 Å². The van der Waals surface area contributed by atoms with Crippen LogP contribution in [0.4, 0.5) is 24.5 Å². The summed E-state index contributed by atoms with van der Waals surface area (Å²) in [5, 5.41) is 6.97. The van der Waals surface area contributed by atoms with Crippen LogP contribution in [0.2, 0.25) is 0 Å². The van der Waals surface area contributed by atoms with E-state index in [0.29, 0.717) is 22.3 Å². The molecule has 4 rings (SSSR count). The molecule has 2 N–H and O–H groups in total. The van der Waals surface area contributed by atoms with Crippen LogP contribution in [0.5, 0.6) is 0 Å². The van der Waals surface area contributed by atoms with Gasteiger partial charge in [0.05, 0.1) is 17.4 Å². The highest BCUT2D eigenvalue weighted by atomic mass is 19.4. The number of hydrogen-bond donors (Lipinski definition) is 2. The fourth-order valence-electron chi connectivity index (χ4n) is 4.09. The number of fused-ring (bicyclic) bond motifs is 1. The van der Waals surface area contributed by atoms with Gasteiger partial charge in [-0.25, -0.2) is 9.97 Å². The minimum absolute atomic E-state index is 0.00537. The molecule has 1 aliphatic carbocycles. The van der Waals surface area contributed by atoms with E-state index in [4.69, 9.17) is 0 Å². The van der Waals surface area contributed by atoms with Crippen LogP contribution in [0.3, 0.4) is 0 Å². The Hall–Kier alpha value is -3.36. The number of para-hydroxylation sites is 1. The minimum atomic E-state index is -4.51. The molecule has 1 saturated carbocycles. The molecule has 6 nitrogen and oxygen atoms in total. The van der Waals surface area contributed by atoms with Gasteiger partial charge in [0.1, 0.15) is 11.4 Å². The number of pyridine rings is 2. The van der Waals surface area contributed by atoms with Crippen molar-refractivity contribution in [2.24, 2.45) is 0 Å². The van der Waals surface area contributed by atoms with Gasteiger partial charge >= 0.3 is 6.18 Å². The third-order valence-corrected chi connectivity index (χ3v) is 5.93. The molecular weight excluding hydrogens is 431 g/mol. The van der Waals surface area contributed by atoms with Crippen LogP contribution < -0.4 is 15.5 Å². The topological polar surface area (TPSA) is 70.2 Å². The molecule has 2 heterocycles. The third kappa shape index (κ3) is 5.35. The molecule has 1 amide bonds. The Morgan fingerprint density at radius 1 is 1.03 bits per heavy atom. The van der Waals surface area contributed by atoms with Gasteiger partial charge in [0, 0.05) is 37.3 Å². The van der Waals surface area contributed by atoms with Crippen LogP contribution in [0.15, 0.2) is 48.7 Å². The van der Waals surface area contributed by atoms with Crippen LogP contribution in [-0.4, -0.2) is 42.1 Å². The lowest BCUT2D eigenvalue weighted by Gasteiger charge is -2.30. The SMILES string of the molecule is CN(C)c1ccc(C(=O)N[C@H]2CC[C@@H](Nc3cc(C(F)(F)F)nc4ccccc34)CC2)nc1. The van der Waals surface area contributed by atoms with Crippen molar-refractivity contribution in [3.8, 4) is 0 Å². The van der Waals surface area contributed by atoms with E-state index in [0.717, 1.165) is 37.4 Å². The second-order valence-electron chi connectivity index (χ2n) is 8.53. The minimum Gasteiger partial charge on any atom is -0.382 e. The van der Waals surface area contributed by atoms with Crippen molar-refractivity contribution in [1.82, 2.24) is 15.3 Å². The largest absolute Gasteiger partial charge is 0.433 e. The first-order valence-electron chi connectivity index (χ1n) is 10.9. The van der Waals surface area contributed by atoms with E-state index < -0.39 is 11.9 Å². The number of nitrogens with one attached hydrogen (secondary N) is 2. The van der Waals surface area contributed by atoms with Crippen molar-refractivity contribution < 1.29 is 18.0 Å². The molecule has 0 radical (unpaired) electrons. The Balaban J connectivity index is 1.39. The van der Waals surface area contributed by atoms with Crippen molar-refractivity contribution in [3.63, 3.8) is 0 Å². The standard InChI is InChI=1S/C24H26F3N5O/c1-32(2)17-11-12-20(28-14-17)23(33)30-16-9-7-15(8-10-16)29-21-13-22(24(25,26)27)31-19-6-4-3-5-18(19)21/h3-6,11-16H,7-10H2,1-2H3,(H,29,31)(H,30,33)/t15-,16+. The van der Waals surface area contributed by atoms with Gasteiger partial charge < -0.3 is 15.5 Å². The lowest BCUT2D eigenvalue weighted by Crippen LogP contribution is -2.40. The zero-order valence-electron chi connectivity index (χ0n) is 18.5. The molecule has 1 fully saturated rings. The summed E-state index contributed by atoms with van der Waals surface area (Å²) < 4.78 is 39.9. The molecule has 0 atom stereocenters. The van der Waals surface area contributed by atoms with Crippen molar-refractivity contribution in [2.45, 2.75) is 43.9 Å². The lowest BCUT2D eigenvalue weighted by molar-refractivity contribution is -0.140. The molecule has 9 heteroatoms. The molecule has 0 bridgehead atoms. The fraction of sp³-hybridized carbons (Fsp3) is 0.375. The Kier molecular flexibility index (Phi) is 6.40. The van der Waals surface area contributed by atoms with Crippen molar-refractivity contribution >= 4 is 28.2 Å². The summed E-state index contributed by atoms with van der Waals surface area (Å²) >= 11 is 0. The molecule has 1 aliphatic rings. The summed E-state index contributed by atoms with van der Waals surface area (Å²) in [6, 6.07) is 11.5. The number of aromatic nitrogens is 2. The maximum absolute atomic E-state index is 13.3. The van der Waals surface area contributed by atoms with E-state index in [2.05, 4.69) is 20.6 Å². The molecule has 33 heavy (non-hydrogen) atoms. The predicted octanol–water partition coefficient (Wildman–Crippen LogP) is 4.87. The summed E-state index contributed by atoms with van der Waals surface area (Å²) in [5.41, 5.74) is 1.12. The number of benzene rings is 1. The zero-order valence-corrected chi connectivity index (χ0v) is 18.5. The summed E-state index contributed by atoms with van der Waals surface area (Å²) in [6.45, 7) is 0. The normalized spacial score (nSPS) is 18.7. The van der Waals surface area contributed by atoms with E-state index in [9.17, 15) is 18.0 Å². The van der Waals surface area contributed by atoms with E-state index >= 15 is 0 Å². The van der Waals surface area contributed by atoms with E-state index in [1.54, 1.807) is 36.5 Å². The van der Waals surface area contributed by atoms with Gasteiger partial charge in [0.25, 0.3) is 5.91 Å². The molecule has 174 valence electrons. The first-order chi connectivity index (χ1) is 15.7. The maximum Gasteiger partial charge on any atom is 0.433 e. The first-order valence-corrected chi connectivity index (χ1v) is 10.9. The number of carbonyl (C=O) groups excluding carboxylic acids is 1. The Bertz CT molecular complexity index is 1120. The van der Waals surface area contributed by atoms with E-state index in [-0.39, 0.29) is 18.0 Å². The average Bonchev–Trinajstić information content (AvgIpc) is 2.79. The van der Waals surface area contributed by atoms with Gasteiger partial charge in [-0.15, -0.1) is 0 Å². The van der Waals surface area contributed by atoms with Crippen LogP contribution in [0.25, 0.3) is 10.9 Å². The highest BCUT2D eigenvalue weighted by molar-refractivity contribution is 5.93. The highest BCUT2D eigenvalue weighted by Crippen LogP contribution is 2.34. The Morgan fingerprint density at radius 3 is 2.36 bits per heavy atom. The van der Waals surface area contributed by atoms with E-state index in [1.165, 1.54) is 0 Å². The van der Waals surface area contributed by atoms with Gasteiger partial charge in [-0.1, -0.05) is 18.2 Å². The molecule has 0 saturated heterocycles. The number of nitrogens with zero attached hydrogens (tertiary/aromatic N) is 3. The van der Waals surface area contributed by atoms with Crippen molar-refractivity contribution in [1.29, 1.82) is 0 Å². The lowest BCUT2D eigenvalue weighted by atomic mass is 9.90. The monoisotopic (exact) mass is 457 g/mol. The molecule has 0 spiro atoms. The second-order valence-corrected chi connectivity index (χ2v) is 8.53. The maximum atomic E-state index is 13.3. The summed E-state index contributed by atoms with van der Waals surface area (Å²) in [5.74, 6) is -0.216. The van der Waals surface area contributed by atoms with Gasteiger partial charge in [-0.2, -0.15) is 13.2 Å². The Labute approximate surface area is 190 Å². The number of anilines is 2. The highest BCUT2D eigenvalue weighted by Gasteiger charge is 2.34. The summed E-state index contributed by atoms with van der Waals surface area (Å²) in [7, 11) is 3.81.